The van der Waals surface area contributed by atoms with Crippen molar-refractivity contribution in [2.75, 3.05) is 11.5 Å². The molecule has 0 aliphatic carbocycles. The molecule has 3 N–H and O–H groups in total. The summed E-state index contributed by atoms with van der Waals surface area (Å²) in [5.74, 6) is -2.26. The van der Waals surface area contributed by atoms with E-state index in [0.29, 0.717) is 17.9 Å². The third-order valence-corrected chi connectivity index (χ3v) is 4.35. The van der Waals surface area contributed by atoms with E-state index in [9.17, 15) is 19.5 Å². The lowest BCUT2D eigenvalue weighted by Crippen LogP contribution is -2.54. The molecule has 0 atom stereocenters. The van der Waals surface area contributed by atoms with Gasteiger partial charge in [-0.05, 0) is 67.2 Å². The summed E-state index contributed by atoms with van der Waals surface area (Å²) >= 11 is 5.11. The van der Waals surface area contributed by atoms with Crippen LogP contribution in [0.4, 0.5) is 5.69 Å². The normalized spacial score (nSPS) is 15.4. The number of amides is 2. The minimum atomic E-state index is -1.10. The van der Waals surface area contributed by atoms with Crippen molar-refractivity contribution in [2.45, 2.75) is 6.92 Å². The predicted molar refractivity (Wildman–Crippen MR) is 109 cm³/mol. The molecule has 0 saturated carbocycles. The number of ether oxygens (including phenoxy) is 1. The molecule has 2 aromatic carbocycles. The molecule has 0 unspecified atom stereocenters. The number of hydrogen-bond acceptors (Lipinski definition) is 6. The molecule has 8 nitrogen and oxygen atoms in total. The Morgan fingerprint density at radius 2 is 1.90 bits per heavy atom. The van der Waals surface area contributed by atoms with Crippen molar-refractivity contribution in [3.63, 3.8) is 0 Å². The second-order valence-electron chi connectivity index (χ2n) is 5.97. The zero-order chi connectivity index (χ0) is 21.1. The van der Waals surface area contributed by atoms with Gasteiger partial charge in [-0.3, -0.25) is 19.8 Å². The summed E-state index contributed by atoms with van der Waals surface area (Å²) in [7, 11) is 0. The summed E-state index contributed by atoms with van der Waals surface area (Å²) in [5, 5.41) is 21.2. The Morgan fingerprint density at radius 3 is 2.52 bits per heavy atom. The van der Waals surface area contributed by atoms with Gasteiger partial charge in [0, 0.05) is 0 Å². The standard InChI is InChI=1S/C20H16N2O6S/c1-2-28-16-10-11(3-8-15(16)23)9-14-17(24)21-20(29)22(18(14)25)13-6-4-12(5-7-13)19(26)27/h3-10,23H,2H2,1H3,(H,26,27)(H,21,24,29)/b14-9+. The van der Waals surface area contributed by atoms with Crippen molar-refractivity contribution >= 4 is 46.9 Å². The van der Waals surface area contributed by atoms with E-state index in [0.717, 1.165) is 4.90 Å². The molecule has 0 aromatic heterocycles. The van der Waals surface area contributed by atoms with Crippen molar-refractivity contribution < 1.29 is 29.3 Å². The van der Waals surface area contributed by atoms with Crippen LogP contribution in [0.5, 0.6) is 11.5 Å². The number of aromatic carboxylic acids is 1. The van der Waals surface area contributed by atoms with Crippen molar-refractivity contribution in [2.24, 2.45) is 0 Å². The number of hydrogen-bond donors (Lipinski definition) is 3. The van der Waals surface area contributed by atoms with Crippen LogP contribution in [0.15, 0.2) is 48.0 Å². The molecule has 1 saturated heterocycles. The lowest BCUT2D eigenvalue weighted by Gasteiger charge is -2.29. The van der Waals surface area contributed by atoms with Crippen LogP contribution in [0.3, 0.4) is 0 Å². The Hall–Kier alpha value is -3.72. The molecule has 148 valence electrons. The first-order chi connectivity index (χ1) is 13.8. The number of nitrogens with zero attached hydrogens (tertiary/aromatic N) is 1. The molecule has 2 amide bonds. The maximum atomic E-state index is 13.0. The van der Waals surface area contributed by atoms with Crippen molar-refractivity contribution in [1.82, 2.24) is 5.32 Å². The number of nitrogens with one attached hydrogen (secondary N) is 1. The molecular weight excluding hydrogens is 396 g/mol. The number of aromatic hydroxyl groups is 1. The molecule has 2 aromatic rings. The average Bonchev–Trinajstić information content (AvgIpc) is 2.68. The Bertz CT molecular complexity index is 1050. The van der Waals surface area contributed by atoms with Gasteiger partial charge in [-0.15, -0.1) is 0 Å². The van der Waals surface area contributed by atoms with Crippen LogP contribution in [0.2, 0.25) is 0 Å². The Labute approximate surface area is 171 Å². The van der Waals surface area contributed by atoms with Crippen molar-refractivity contribution in [3.8, 4) is 11.5 Å². The molecule has 0 bridgehead atoms. The Kier molecular flexibility index (Phi) is 5.60. The van der Waals surface area contributed by atoms with Crippen LogP contribution >= 0.6 is 12.2 Å². The Morgan fingerprint density at radius 1 is 1.21 bits per heavy atom. The van der Waals surface area contributed by atoms with Crippen LogP contribution in [-0.2, 0) is 9.59 Å². The first-order valence-corrected chi connectivity index (χ1v) is 8.93. The van der Waals surface area contributed by atoms with E-state index in [1.54, 1.807) is 6.92 Å². The molecule has 29 heavy (non-hydrogen) atoms. The lowest BCUT2D eigenvalue weighted by molar-refractivity contribution is -0.122. The maximum Gasteiger partial charge on any atom is 0.335 e. The van der Waals surface area contributed by atoms with Gasteiger partial charge >= 0.3 is 5.97 Å². The van der Waals surface area contributed by atoms with Crippen LogP contribution in [0, 0.1) is 0 Å². The van der Waals surface area contributed by atoms with Gasteiger partial charge in [0.25, 0.3) is 11.8 Å². The Balaban J connectivity index is 1.97. The monoisotopic (exact) mass is 412 g/mol. The largest absolute Gasteiger partial charge is 0.504 e. The molecule has 1 aliphatic heterocycles. The van der Waals surface area contributed by atoms with E-state index in [2.05, 4.69) is 5.32 Å². The maximum absolute atomic E-state index is 13.0. The van der Waals surface area contributed by atoms with E-state index < -0.39 is 17.8 Å². The number of benzene rings is 2. The van der Waals surface area contributed by atoms with Crippen LogP contribution < -0.4 is 15.0 Å². The second kappa shape index (κ2) is 8.11. The number of carbonyl (C=O) groups is 3. The summed E-state index contributed by atoms with van der Waals surface area (Å²) < 4.78 is 5.31. The van der Waals surface area contributed by atoms with Gasteiger partial charge in [-0.1, -0.05) is 6.07 Å². The number of phenols is 1. The first-order valence-electron chi connectivity index (χ1n) is 8.52. The molecule has 0 radical (unpaired) electrons. The fourth-order valence-corrected chi connectivity index (χ4v) is 2.98. The number of carboxylic acid groups (broad SMARTS) is 1. The van der Waals surface area contributed by atoms with Gasteiger partial charge in [0.15, 0.2) is 16.6 Å². The SMILES string of the molecule is CCOc1cc(/C=C2\C(=O)NC(=S)N(c3ccc(C(=O)O)cc3)C2=O)ccc1O. The number of anilines is 1. The van der Waals surface area contributed by atoms with Crippen LogP contribution in [0.1, 0.15) is 22.8 Å². The zero-order valence-corrected chi connectivity index (χ0v) is 16.0. The summed E-state index contributed by atoms with van der Waals surface area (Å²) in [6.45, 7) is 2.10. The molecular formula is C20H16N2O6S. The summed E-state index contributed by atoms with van der Waals surface area (Å²) in [6, 6.07) is 9.96. The summed E-state index contributed by atoms with van der Waals surface area (Å²) in [6.07, 6.45) is 1.36. The van der Waals surface area contributed by atoms with Gasteiger partial charge in [0.05, 0.1) is 17.9 Å². The molecule has 3 rings (SSSR count). The number of phenolic OH excluding ortho intramolecular Hbond substituents is 1. The van der Waals surface area contributed by atoms with E-state index in [4.69, 9.17) is 22.1 Å². The van der Waals surface area contributed by atoms with Gasteiger partial charge in [-0.25, -0.2) is 4.79 Å². The molecule has 9 heteroatoms. The highest BCUT2D eigenvalue weighted by Gasteiger charge is 2.34. The zero-order valence-electron chi connectivity index (χ0n) is 15.2. The smallest absolute Gasteiger partial charge is 0.335 e. The highest BCUT2D eigenvalue weighted by molar-refractivity contribution is 7.80. The summed E-state index contributed by atoms with van der Waals surface area (Å²) in [5.41, 5.74) is 0.667. The van der Waals surface area contributed by atoms with Gasteiger partial charge in [0.2, 0.25) is 0 Å². The third kappa shape index (κ3) is 4.09. The minimum Gasteiger partial charge on any atom is -0.504 e. The minimum absolute atomic E-state index is 0.0523. The van der Waals surface area contributed by atoms with Crippen LogP contribution in [-0.4, -0.2) is 39.7 Å². The van der Waals surface area contributed by atoms with E-state index >= 15 is 0 Å². The molecule has 1 fully saturated rings. The number of carboxylic acids is 1. The number of thiocarbonyl (C=S) groups is 1. The topological polar surface area (TPSA) is 116 Å². The van der Waals surface area contributed by atoms with Gasteiger partial charge in [-0.2, -0.15) is 0 Å². The van der Waals surface area contributed by atoms with E-state index in [1.165, 1.54) is 48.5 Å². The average molecular weight is 412 g/mol. The summed E-state index contributed by atoms with van der Waals surface area (Å²) in [4.78, 5) is 37.4. The number of rotatable bonds is 5. The van der Waals surface area contributed by atoms with Crippen molar-refractivity contribution in [3.05, 3.63) is 59.2 Å². The highest BCUT2D eigenvalue weighted by Crippen LogP contribution is 2.29. The van der Waals surface area contributed by atoms with Crippen molar-refractivity contribution in [1.29, 1.82) is 0 Å². The number of carbonyl (C=O) groups excluding carboxylic acids is 2. The molecule has 1 heterocycles. The molecule has 0 spiro atoms. The van der Waals surface area contributed by atoms with E-state index in [1.807, 2.05) is 0 Å². The molecule has 1 aliphatic rings. The van der Waals surface area contributed by atoms with Crippen LogP contribution in [0.25, 0.3) is 6.08 Å². The second-order valence-corrected chi connectivity index (χ2v) is 6.36. The van der Waals surface area contributed by atoms with E-state index in [-0.39, 0.29) is 27.7 Å². The predicted octanol–water partition coefficient (Wildman–Crippen LogP) is 2.32. The lowest BCUT2D eigenvalue weighted by atomic mass is 10.1. The third-order valence-electron chi connectivity index (χ3n) is 4.07. The van der Waals surface area contributed by atoms with Gasteiger partial charge < -0.3 is 14.9 Å². The first kappa shape index (κ1) is 20.0. The van der Waals surface area contributed by atoms with Gasteiger partial charge in [0.1, 0.15) is 5.57 Å². The quantitative estimate of drug-likeness (QED) is 0.392. The highest BCUT2D eigenvalue weighted by atomic mass is 32.1. The fourth-order valence-electron chi connectivity index (χ4n) is 2.70. The fraction of sp³-hybridized carbons (Fsp3) is 0.100.